The monoisotopic (exact) mass is 390 g/mol. The Morgan fingerprint density at radius 1 is 1.00 bits per heavy atom. The van der Waals surface area contributed by atoms with Crippen molar-refractivity contribution in [3.8, 4) is 11.1 Å². The molecule has 24 heavy (non-hydrogen) atoms. The predicted octanol–water partition coefficient (Wildman–Crippen LogP) is -0.461. The fourth-order valence-corrected chi connectivity index (χ4v) is 2.89. The maximum Gasteiger partial charge on any atom is 4.00 e. The van der Waals surface area contributed by atoms with Gasteiger partial charge in [-0.1, -0.05) is 55.2 Å². The maximum atomic E-state index is 3.30. The van der Waals surface area contributed by atoms with Crippen LogP contribution in [0.5, 0.6) is 0 Å². The normalized spacial score (nSPS) is 12.3. The second-order valence-corrected chi connectivity index (χ2v) is 5.45. The Morgan fingerprint density at radius 3 is 2.46 bits per heavy atom. The average Bonchev–Trinajstić information content (AvgIpc) is 3.15. The van der Waals surface area contributed by atoms with Gasteiger partial charge in [-0.15, -0.1) is 12.0 Å². The molecule has 0 radical (unpaired) electrons. The van der Waals surface area contributed by atoms with E-state index >= 15 is 0 Å². The fourth-order valence-electron chi connectivity index (χ4n) is 2.89. The molecule has 0 aliphatic heterocycles. The van der Waals surface area contributed by atoms with Crippen LogP contribution in [0, 0.1) is 12.1 Å². The van der Waals surface area contributed by atoms with Gasteiger partial charge in [0.05, 0.1) is 0 Å². The van der Waals surface area contributed by atoms with Crippen LogP contribution in [-0.2, 0) is 28.1 Å². The summed E-state index contributed by atoms with van der Waals surface area (Å²) in [5, 5.41) is 0. The summed E-state index contributed by atoms with van der Waals surface area (Å²) >= 11 is 0. The van der Waals surface area contributed by atoms with E-state index in [1.165, 1.54) is 40.7 Å². The quantitative estimate of drug-likeness (QED) is 0.410. The Bertz CT molecular complexity index is 646. The largest absolute Gasteiger partial charge is 4.00 e. The van der Waals surface area contributed by atoms with Gasteiger partial charge in [-0.25, -0.2) is 11.6 Å². The minimum Gasteiger partial charge on any atom is -1.00 e. The summed E-state index contributed by atoms with van der Waals surface area (Å²) in [4.78, 5) is 0. The van der Waals surface area contributed by atoms with E-state index in [0.717, 1.165) is 12.8 Å². The molecule has 0 heterocycles. The molecule has 3 heteroatoms. The predicted molar refractivity (Wildman–Crippen MR) is 88.9 cm³/mol. The van der Waals surface area contributed by atoms with Crippen molar-refractivity contribution in [2.45, 2.75) is 32.6 Å². The molecular weight excluding hydrogens is 371 g/mol. The van der Waals surface area contributed by atoms with E-state index < -0.39 is 0 Å². The van der Waals surface area contributed by atoms with E-state index in [-0.39, 0.29) is 46.5 Å². The molecule has 0 fully saturated rings. The summed E-state index contributed by atoms with van der Waals surface area (Å²) in [6.07, 6.45) is 12.1. The van der Waals surface area contributed by atoms with Crippen molar-refractivity contribution in [2.75, 3.05) is 0 Å². The molecule has 4 rings (SSSR count). The van der Waals surface area contributed by atoms with Crippen molar-refractivity contribution in [1.82, 2.24) is 0 Å². The average molecular weight is 391 g/mol. The summed E-state index contributed by atoms with van der Waals surface area (Å²) in [5.41, 5.74) is 6.91. The van der Waals surface area contributed by atoms with Crippen LogP contribution in [0.25, 0.3) is 11.1 Å². The van der Waals surface area contributed by atoms with Crippen molar-refractivity contribution >= 4 is 0 Å². The SMILES string of the molecule is CCCC1=[C-]CC=C1.[Cl-].[Cl-].[Ti+4].[c-]1cccc2c1Cc1ccccc1-2. The second kappa shape index (κ2) is 11.7. The first-order valence-electron chi connectivity index (χ1n) is 7.72. The third-order valence-corrected chi connectivity index (χ3v) is 3.90. The summed E-state index contributed by atoms with van der Waals surface area (Å²) in [6, 6.07) is 18.1. The molecular formula is C21H20Cl2Ti. The molecule has 0 atom stereocenters. The van der Waals surface area contributed by atoms with Gasteiger partial charge in [0.1, 0.15) is 0 Å². The number of hydrogen-bond donors (Lipinski definition) is 0. The molecule has 2 aromatic carbocycles. The number of fused-ring (bicyclic) bond motifs is 3. The summed E-state index contributed by atoms with van der Waals surface area (Å²) < 4.78 is 0. The zero-order valence-electron chi connectivity index (χ0n) is 13.8. The Kier molecular flexibility index (Phi) is 11.3. The Labute approximate surface area is 173 Å². The molecule has 2 aromatic rings. The second-order valence-electron chi connectivity index (χ2n) is 5.45. The summed E-state index contributed by atoms with van der Waals surface area (Å²) in [5.74, 6) is 0. The van der Waals surface area contributed by atoms with Gasteiger partial charge in [-0.2, -0.15) is 35.9 Å². The molecule has 0 nitrogen and oxygen atoms in total. The van der Waals surface area contributed by atoms with E-state index in [1.54, 1.807) is 0 Å². The Balaban J connectivity index is 0.000000429. The molecule has 2 aliphatic carbocycles. The van der Waals surface area contributed by atoms with Gasteiger partial charge in [0.15, 0.2) is 0 Å². The van der Waals surface area contributed by atoms with Gasteiger partial charge in [0.2, 0.25) is 0 Å². The number of allylic oxidation sites excluding steroid dienone is 4. The van der Waals surface area contributed by atoms with Crippen molar-refractivity contribution in [1.29, 1.82) is 0 Å². The maximum absolute atomic E-state index is 3.30. The van der Waals surface area contributed by atoms with Gasteiger partial charge < -0.3 is 24.8 Å². The van der Waals surface area contributed by atoms with E-state index in [1.807, 2.05) is 6.07 Å². The van der Waals surface area contributed by atoms with E-state index in [2.05, 4.69) is 67.6 Å². The first kappa shape index (κ1) is 23.2. The fraction of sp³-hybridized carbons (Fsp3) is 0.238. The molecule has 0 N–H and O–H groups in total. The first-order chi connectivity index (χ1) is 10.4. The molecule has 0 saturated heterocycles. The van der Waals surface area contributed by atoms with Gasteiger partial charge >= 0.3 is 21.7 Å². The van der Waals surface area contributed by atoms with Crippen LogP contribution in [-0.4, -0.2) is 0 Å². The van der Waals surface area contributed by atoms with Crippen LogP contribution in [0.2, 0.25) is 0 Å². The molecule has 0 aromatic heterocycles. The molecule has 2 aliphatic rings. The van der Waals surface area contributed by atoms with Crippen LogP contribution in [0.4, 0.5) is 0 Å². The molecule has 0 bridgehead atoms. The minimum absolute atomic E-state index is 0. The summed E-state index contributed by atoms with van der Waals surface area (Å²) in [7, 11) is 0. The Morgan fingerprint density at radius 2 is 1.75 bits per heavy atom. The van der Waals surface area contributed by atoms with E-state index in [0.29, 0.717) is 0 Å². The topological polar surface area (TPSA) is 0 Å². The van der Waals surface area contributed by atoms with Crippen molar-refractivity contribution in [3.63, 3.8) is 0 Å². The number of benzene rings is 2. The zero-order chi connectivity index (χ0) is 14.5. The van der Waals surface area contributed by atoms with Gasteiger partial charge in [-0.3, -0.25) is 6.08 Å². The van der Waals surface area contributed by atoms with Crippen LogP contribution < -0.4 is 24.8 Å². The van der Waals surface area contributed by atoms with Crippen molar-refractivity contribution < 1.29 is 46.5 Å². The minimum atomic E-state index is 0. The van der Waals surface area contributed by atoms with Gasteiger partial charge in [-0.05, 0) is 6.42 Å². The van der Waals surface area contributed by atoms with Crippen LogP contribution in [0.3, 0.4) is 0 Å². The van der Waals surface area contributed by atoms with Crippen LogP contribution in [0.1, 0.15) is 37.3 Å². The third-order valence-electron chi connectivity index (χ3n) is 3.90. The summed E-state index contributed by atoms with van der Waals surface area (Å²) in [6.45, 7) is 2.20. The van der Waals surface area contributed by atoms with E-state index in [9.17, 15) is 0 Å². The smallest absolute Gasteiger partial charge is 1.00 e. The molecule has 0 saturated carbocycles. The number of rotatable bonds is 2. The van der Waals surface area contributed by atoms with Gasteiger partial charge in [0.25, 0.3) is 0 Å². The molecule has 0 amide bonds. The van der Waals surface area contributed by atoms with Gasteiger partial charge in [0, 0.05) is 0 Å². The van der Waals surface area contributed by atoms with Crippen molar-refractivity contribution in [2.24, 2.45) is 0 Å². The van der Waals surface area contributed by atoms with Crippen molar-refractivity contribution in [3.05, 3.63) is 83.5 Å². The molecule has 122 valence electrons. The van der Waals surface area contributed by atoms with Crippen LogP contribution >= 0.6 is 0 Å². The first-order valence-corrected chi connectivity index (χ1v) is 7.72. The van der Waals surface area contributed by atoms with E-state index in [4.69, 9.17) is 0 Å². The number of halogens is 2. The zero-order valence-corrected chi connectivity index (χ0v) is 16.9. The number of hydrogen-bond acceptors (Lipinski definition) is 0. The van der Waals surface area contributed by atoms with Crippen LogP contribution in [0.15, 0.2) is 60.2 Å². The third kappa shape index (κ3) is 5.64. The standard InChI is InChI=1S/C13H9.C8H11.2ClH.Ti/c1-3-7-12-10(5-1)9-11-6-2-4-8-13(11)12;1-2-5-8-6-3-4-7-8;;;/h1-5,7-8H,9H2;3,6H,2,4-5H2,1H3;2*1H;/q2*-1;;;+4/p-2. The Hall–Kier alpha value is -0.786. The molecule has 0 spiro atoms. The molecule has 0 unspecified atom stereocenters.